The molecule has 0 amide bonds. The SMILES string of the molecule is CNC(c1c(OC)cccc1OC)C(C)c1ccccn1. The molecule has 0 spiro atoms. The third-order valence-corrected chi connectivity index (χ3v) is 3.74. The van der Waals surface area contributed by atoms with Gasteiger partial charge in [0, 0.05) is 23.9 Å². The van der Waals surface area contributed by atoms with E-state index >= 15 is 0 Å². The minimum atomic E-state index is 0.0472. The van der Waals surface area contributed by atoms with Gasteiger partial charge in [0.1, 0.15) is 11.5 Å². The standard InChI is InChI=1S/C17H22N2O2/c1-12(13-8-5-6-11-19-13)17(18-2)16-14(20-3)9-7-10-15(16)21-4/h5-12,17-18H,1-4H3. The molecule has 4 heteroatoms. The molecule has 21 heavy (non-hydrogen) atoms. The van der Waals surface area contributed by atoms with Gasteiger partial charge in [-0.25, -0.2) is 0 Å². The normalized spacial score (nSPS) is 13.5. The summed E-state index contributed by atoms with van der Waals surface area (Å²) in [6.07, 6.45) is 1.82. The zero-order valence-electron chi connectivity index (χ0n) is 13.0. The molecule has 0 radical (unpaired) electrons. The summed E-state index contributed by atoms with van der Waals surface area (Å²) in [6.45, 7) is 2.15. The number of rotatable bonds is 6. The number of benzene rings is 1. The molecule has 0 aliphatic heterocycles. The first-order valence-corrected chi connectivity index (χ1v) is 7.02. The van der Waals surface area contributed by atoms with Gasteiger partial charge in [-0.15, -0.1) is 0 Å². The number of methoxy groups -OCH3 is 2. The Morgan fingerprint density at radius 2 is 1.67 bits per heavy atom. The fourth-order valence-electron chi connectivity index (χ4n) is 2.65. The molecular formula is C17H22N2O2. The van der Waals surface area contributed by atoms with Crippen molar-refractivity contribution in [2.24, 2.45) is 0 Å². The van der Waals surface area contributed by atoms with Crippen molar-refractivity contribution in [3.63, 3.8) is 0 Å². The highest BCUT2D eigenvalue weighted by Gasteiger charge is 2.26. The lowest BCUT2D eigenvalue weighted by atomic mass is 9.90. The van der Waals surface area contributed by atoms with Crippen molar-refractivity contribution in [1.82, 2.24) is 10.3 Å². The maximum atomic E-state index is 5.52. The van der Waals surface area contributed by atoms with Crippen molar-refractivity contribution in [2.75, 3.05) is 21.3 Å². The van der Waals surface area contributed by atoms with E-state index in [4.69, 9.17) is 9.47 Å². The van der Waals surface area contributed by atoms with E-state index in [1.807, 2.05) is 49.6 Å². The average Bonchev–Trinajstić information content (AvgIpc) is 2.56. The summed E-state index contributed by atoms with van der Waals surface area (Å²) >= 11 is 0. The van der Waals surface area contributed by atoms with Crippen molar-refractivity contribution >= 4 is 0 Å². The molecule has 0 saturated heterocycles. The molecule has 2 rings (SSSR count). The van der Waals surface area contributed by atoms with E-state index in [0.29, 0.717) is 0 Å². The second kappa shape index (κ2) is 7.09. The van der Waals surface area contributed by atoms with Gasteiger partial charge in [0.15, 0.2) is 0 Å². The van der Waals surface area contributed by atoms with Gasteiger partial charge < -0.3 is 14.8 Å². The van der Waals surface area contributed by atoms with Crippen molar-refractivity contribution in [3.8, 4) is 11.5 Å². The number of hydrogen-bond acceptors (Lipinski definition) is 4. The van der Waals surface area contributed by atoms with E-state index in [9.17, 15) is 0 Å². The van der Waals surface area contributed by atoms with Crippen LogP contribution in [-0.4, -0.2) is 26.3 Å². The zero-order valence-corrected chi connectivity index (χ0v) is 13.0. The second-order valence-corrected chi connectivity index (χ2v) is 4.89. The Morgan fingerprint density at radius 1 is 1.00 bits per heavy atom. The van der Waals surface area contributed by atoms with Crippen LogP contribution in [0.5, 0.6) is 11.5 Å². The van der Waals surface area contributed by atoms with Gasteiger partial charge in [0.25, 0.3) is 0 Å². The molecule has 0 saturated carbocycles. The predicted molar refractivity (Wildman–Crippen MR) is 84.0 cm³/mol. The summed E-state index contributed by atoms with van der Waals surface area (Å²) < 4.78 is 11.0. The van der Waals surface area contributed by atoms with Crippen LogP contribution in [0.25, 0.3) is 0 Å². The van der Waals surface area contributed by atoms with Crippen LogP contribution in [0.2, 0.25) is 0 Å². The minimum Gasteiger partial charge on any atom is -0.496 e. The molecule has 1 aromatic carbocycles. The third-order valence-electron chi connectivity index (χ3n) is 3.74. The van der Waals surface area contributed by atoms with Crippen LogP contribution in [0.15, 0.2) is 42.6 Å². The van der Waals surface area contributed by atoms with Gasteiger partial charge in [0.05, 0.1) is 19.8 Å². The minimum absolute atomic E-state index is 0.0472. The summed E-state index contributed by atoms with van der Waals surface area (Å²) in [5.74, 6) is 1.81. The van der Waals surface area contributed by atoms with Crippen molar-refractivity contribution in [2.45, 2.75) is 18.9 Å². The summed E-state index contributed by atoms with van der Waals surface area (Å²) in [5, 5.41) is 3.37. The number of aromatic nitrogens is 1. The fraction of sp³-hybridized carbons (Fsp3) is 0.353. The number of nitrogens with zero attached hydrogens (tertiary/aromatic N) is 1. The number of pyridine rings is 1. The fourth-order valence-corrected chi connectivity index (χ4v) is 2.65. The first kappa shape index (κ1) is 15.3. The second-order valence-electron chi connectivity index (χ2n) is 4.89. The highest BCUT2D eigenvalue weighted by atomic mass is 16.5. The average molecular weight is 286 g/mol. The largest absolute Gasteiger partial charge is 0.496 e. The highest BCUT2D eigenvalue weighted by Crippen LogP contribution is 2.40. The molecule has 0 bridgehead atoms. The van der Waals surface area contributed by atoms with Crippen molar-refractivity contribution < 1.29 is 9.47 Å². The van der Waals surface area contributed by atoms with Crippen molar-refractivity contribution in [1.29, 1.82) is 0 Å². The molecular weight excluding hydrogens is 264 g/mol. The van der Waals surface area contributed by atoms with E-state index in [-0.39, 0.29) is 12.0 Å². The van der Waals surface area contributed by atoms with E-state index in [1.165, 1.54) is 0 Å². The Kier molecular flexibility index (Phi) is 5.17. The van der Waals surface area contributed by atoms with Gasteiger partial charge >= 0.3 is 0 Å². The van der Waals surface area contributed by atoms with Gasteiger partial charge in [-0.3, -0.25) is 4.98 Å². The predicted octanol–water partition coefficient (Wildman–Crippen LogP) is 3.16. The van der Waals surface area contributed by atoms with Crippen LogP contribution < -0.4 is 14.8 Å². The Labute approximate surface area is 126 Å². The molecule has 4 nitrogen and oxygen atoms in total. The smallest absolute Gasteiger partial charge is 0.127 e. The lowest BCUT2D eigenvalue weighted by Gasteiger charge is -2.26. The monoisotopic (exact) mass is 286 g/mol. The molecule has 0 aliphatic carbocycles. The molecule has 112 valence electrons. The van der Waals surface area contributed by atoms with Crippen LogP contribution in [0.1, 0.15) is 30.1 Å². The summed E-state index contributed by atoms with van der Waals surface area (Å²) in [6, 6.07) is 11.8. The lowest BCUT2D eigenvalue weighted by Crippen LogP contribution is -2.24. The Balaban J connectivity index is 2.46. The van der Waals surface area contributed by atoms with Gasteiger partial charge in [0.2, 0.25) is 0 Å². The molecule has 0 aliphatic rings. The summed E-state index contributed by atoms with van der Waals surface area (Å²) in [5.41, 5.74) is 2.05. The Hall–Kier alpha value is -2.07. The van der Waals surface area contributed by atoms with E-state index in [0.717, 1.165) is 22.8 Å². The lowest BCUT2D eigenvalue weighted by molar-refractivity contribution is 0.364. The maximum Gasteiger partial charge on any atom is 0.127 e. The molecule has 0 fully saturated rings. The zero-order chi connectivity index (χ0) is 15.2. The first-order chi connectivity index (χ1) is 10.2. The first-order valence-electron chi connectivity index (χ1n) is 7.02. The molecule has 1 heterocycles. The maximum absolute atomic E-state index is 5.52. The number of nitrogens with one attached hydrogen (secondary N) is 1. The number of ether oxygens (including phenoxy) is 2. The Morgan fingerprint density at radius 3 is 2.14 bits per heavy atom. The quantitative estimate of drug-likeness (QED) is 0.886. The van der Waals surface area contributed by atoms with Crippen LogP contribution in [0.4, 0.5) is 0 Å². The molecule has 2 unspecified atom stereocenters. The number of hydrogen-bond donors (Lipinski definition) is 1. The topological polar surface area (TPSA) is 43.4 Å². The van der Waals surface area contributed by atoms with Crippen LogP contribution in [-0.2, 0) is 0 Å². The summed E-state index contributed by atoms with van der Waals surface area (Å²) in [4.78, 5) is 4.46. The molecule has 1 aromatic heterocycles. The molecule has 2 aromatic rings. The van der Waals surface area contributed by atoms with Crippen LogP contribution in [0.3, 0.4) is 0 Å². The molecule has 1 N–H and O–H groups in total. The van der Waals surface area contributed by atoms with E-state index in [1.54, 1.807) is 14.2 Å². The summed E-state index contributed by atoms with van der Waals surface area (Å²) in [7, 11) is 5.29. The van der Waals surface area contributed by atoms with Gasteiger partial charge in [-0.2, -0.15) is 0 Å². The molecule has 2 atom stereocenters. The van der Waals surface area contributed by atoms with Crippen molar-refractivity contribution in [3.05, 3.63) is 53.9 Å². The number of likely N-dealkylation sites (N-methyl/N-ethyl adjacent to an activating group) is 1. The van der Waals surface area contributed by atoms with E-state index < -0.39 is 0 Å². The van der Waals surface area contributed by atoms with E-state index in [2.05, 4.69) is 17.2 Å². The highest BCUT2D eigenvalue weighted by molar-refractivity contribution is 5.48. The van der Waals surface area contributed by atoms with Gasteiger partial charge in [-0.1, -0.05) is 19.1 Å². The van der Waals surface area contributed by atoms with Crippen LogP contribution >= 0.6 is 0 Å². The van der Waals surface area contributed by atoms with Crippen LogP contribution in [0, 0.1) is 0 Å². The van der Waals surface area contributed by atoms with Gasteiger partial charge in [-0.05, 0) is 31.3 Å². The Bertz CT molecular complexity index is 550. The third kappa shape index (κ3) is 3.16.